The Bertz CT molecular complexity index is 1240. The van der Waals surface area contributed by atoms with E-state index in [4.69, 9.17) is 4.74 Å². The predicted octanol–water partition coefficient (Wildman–Crippen LogP) is 1.33. The molecule has 3 N–H and O–H groups in total. The van der Waals surface area contributed by atoms with Gasteiger partial charge in [0.05, 0.1) is 13.0 Å². The van der Waals surface area contributed by atoms with Crippen molar-refractivity contribution in [2.45, 2.75) is 55.9 Å². The molecule has 2 aromatic heterocycles. The first-order valence-corrected chi connectivity index (χ1v) is 14.5. The topological polar surface area (TPSA) is 169 Å². The molecule has 4 rings (SSSR count). The minimum atomic E-state index is -1.20. The third kappa shape index (κ3) is 6.66. The van der Waals surface area contributed by atoms with Gasteiger partial charge < -0.3 is 20.5 Å². The van der Waals surface area contributed by atoms with Crippen molar-refractivity contribution in [2.24, 2.45) is 0 Å². The summed E-state index contributed by atoms with van der Waals surface area (Å²) in [5.41, 5.74) is -0.123. The number of carboxylic acid groups (broad SMARTS) is 1. The SMILES string of the molecule is CC(C)(C)OC(=O)NCCn1nnnc1SCC1=C(C(=O)O)N2C(=O)C(NC(=O)Cc3cccs3)[C@@H]2SC1. The Hall–Kier alpha value is -3.11. The molecule has 0 aliphatic carbocycles. The van der Waals surface area contributed by atoms with E-state index in [9.17, 15) is 24.3 Å². The summed E-state index contributed by atoms with van der Waals surface area (Å²) in [6.07, 6.45) is -0.380. The van der Waals surface area contributed by atoms with E-state index in [1.165, 1.54) is 44.4 Å². The van der Waals surface area contributed by atoms with Crippen molar-refractivity contribution < 1.29 is 29.0 Å². The van der Waals surface area contributed by atoms with Crippen molar-refractivity contribution in [2.75, 3.05) is 18.1 Å². The van der Waals surface area contributed by atoms with Crippen LogP contribution in [0.4, 0.5) is 4.79 Å². The van der Waals surface area contributed by atoms with Gasteiger partial charge in [0.25, 0.3) is 5.91 Å². The number of carbonyl (C=O) groups is 4. The zero-order chi connectivity index (χ0) is 27.4. The van der Waals surface area contributed by atoms with Crippen LogP contribution in [0.2, 0.25) is 0 Å². The standard InChI is InChI=1S/C22H27N7O6S3/c1-22(2,3)35-21(34)23-6-7-28-20(25-26-27-28)38-11-12-10-37-18-15(17(31)29(18)16(12)19(32)33)24-14(30)9-13-5-4-8-36-13/h4-5,8,15,18H,6-7,9-11H2,1-3H3,(H,23,34)(H,24,30)(H,32,33)/t15?,18-/m0/s1. The highest BCUT2D eigenvalue weighted by molar-refractivity contribution is 8.01. The fourth-order valence-electron chi connectivity index (χ4n) is 3.76. The van der Waals surface area contributed by atoms with Crippen molar-refractivity contribution in [3.05, 3.63) is 33.7 Å². The van der Waals surface area contributed by atoms with E-state index in [0.717, 1.165) is 4.88 Å². The number of β-lactam (4-membered cyclic amide) rings is 1. The summed E-state index contributed by atoms with van der Waals surface area (Å²) in [4.78, 5) is 51.3. The molecule has 16 heteroatoms. The van der Waals surface area contributed by atoms with Gasteiger partial charge in [-0.05, 0) is 48.2 Å². The van der Waals surface area contributed by atoms with Crippen molar-refractivity contribution >= 4 is 58.7 Å². The second-order valence-corrected chi connectivity index (χ2v) is 12.5. The van der Waals surface area contributed by atoms with Crippen molar-refractivity contribution in [1.29, 1.82) is 0 Å². The molecule has 1 unspecified atom stereocenters. The second kappa shape index (κ2) is 11.7. The first kappa shape index (κ1) is 27.9. The fraction of sp³-hybridized carbons (Fsp3) is 0.500. The largest absolute Gasteiger partial charge is 0.477 e. The number of nitrogens with zero attached hydrogens (tertiary/aromatic N) is 5. The third-order valence-electron chi connectivity index (χ3n) is 5.35. The van der Waals surface area contributed by atoms with Crippen molar-refractivity contribution in [3.8, 4) is 0 Å². The molecule has 0 aromatic carbocycles. The number of carboxylic acids is 1. The number of tetrazole rings is 1. The quantitative estimate of drug-likeness (QED) is 0.273. The van der Waals surface area contributed by atoms with Crippen molar-refractivity contribution in [3.63, 3.8) is 0 Å². The smallest absolute Gasteiger partial charge is 0.407 e. The first-order valence-electron chi connectivity index (χ1n) is 11.6. The highest BCUT2D eigenvalue weighted by Gasteiger charge is 2.54. The summed E-state index contributed by atoms with van der Waals surface area (Å²) in [6, 6.07) is 2.93. The maximum atomic E-state index is 12.9. The fourth-order valence-corrected chi connectivity index (χ4v) is 6.85. The molecular weight excluding hydrogens is 554 g/mol. The zero-order valence-corrected chi connectivity index (χ0v) is 23.3. The molecule has 13 nitrogen and oxygen atoms in total. The Kier molecular flexibility index (Phi) is 8.62. The van der Waals surface area contributed by atoms with Gasteiger partial charge in [-0.3, -0.25) is 14.5 Å². The number of thioether (sulfide) groups is 2. The molecule has 2 atom stereocenters. The van der Waals surface area contributed by atoms with Crippen LogP contribution >= 0.6 is 34.9 Å². The number of hydrogen-bond donors (Lipinski definition) is 3. The first-order chi connectivity index (χ1) is 18.0. The van der Waals surface area contributed by atoms with Crippen LogP contribution in [0.15, 0.2) is 33.9 Å². The lowest BCUT2D eigenvalue weighted by Gasteiger charge is -2.49. The molecule has 0 spiro atoms. The number of aromatic nitrogens is 4. The number of hydrogen-bond acceptors (Lipinski definition) is 11. The summed E-state index contributed by atoms with van der Waals surface area (Å²) >= 11 is 4.10. The number of carbonyl (C=O) groups excluding carboxylic acids is 3. The molecule has 1 saturated heterocycles. The van der Waals surface area contributed by atoms with Crippen molar-refractivity contribution in [1.82, 2.24) is 35.7 Å². The minimum Gasteiger partial charge on any atom is -0.477 e. The molecule has 38 heavy (non-hydrogen) atoms. The number of aliphatic carboxylic acids is 1. The summed E-state index contributed by atoms with van der Waals surface area (Å²) in [5.74, 6) is -1.30. The third-order valence-corrected chi connectivity index (χ3v) is 8.61. The van der Waals surface area contributed by atoms with Gasteiger partial charge in [0, 0.05) is 22.9 Å². The number of thiophene rings is 1. The molecule has 2 aromatic rings. The molecule has 1 fully saturated rings. The molecule has 3 amide bonds. The lowest BCUT2D eigenvalue weighted by Crippen LogP contribution is -2.70. The molecular formula is C22H27N7O6S3. The Morgan fingerprint density at radius 1 is 1.32 bits per heavy atom. The summed E-state index contributed by atoms with van der Waals surface area (Å²) in [7, 11) is 0. The molecule has 0 saturated carbocycles. The van der Waals surface area contributed by atoms with E-state index >= 15 is 0 Å². The maximum absolute atomic E-state index is 12.9. The average Bonchev–Trinajstić information content (AvgIpc) is 3.51. The lowest BCUT2D eigenvalue weighted by atomic mass is 10.0. The maximum Gasteiger partial charge on any atom is 0.407 e. The van der Waals surface area contributed by atoms with Gasteiger partial charge in [0.15, 0.2) is 0 Å². The molecule has 0 radical (unpaired) electrons. The summed E-state index contributed by atoms with van der Waals surface area (Å²) < 4.78 is 6.69. The van der Waals surface area contributed by atoms with Crippen LogP contribution in [-0.2, 0) is 32.1 Å². The van der Waals surface area contributed by atoms with Crippen LogP contribution in [0.5, 0.6) is 0 Å². The van der Waals surface area contributed by atoms with Gasteiger partial charge in [-0.15, -0.1) is 28.2 Å². The number of amides is 3. The molecule has 2 aliphatic heterocycles. The van der Waals surface area contributed by atoms with Crippen LogP contribution in [0.3, 0.4) is 0 Å². The zero-order valence-electron chi connectivity index (χ0n) is 20.9. The van der Waals surface area contributed by atoms with E-state index in [1.807, 2.05) is 17.5 Å². The predicted molar refractivity (Wildman–Crippen MR) is 140 cm³/mol. The Morgan fingerprint density at radius 3 is 2.79 bits per heavy atom. The van der Waals surface area contributed by atoms with E-state index in [-0.39, 0.29) is 36.9 Å². The second-order valence-electron chi connectivity index (χ2n) is 9.37. The van der Waals surface area contributed by atoms with Crippen LogP contribution in [0.25, 0.3) is 0 Å². The van der Waals surface area contributed by atoms with Gasteiger partial charge in [0.2, 0.25) is 11.1 Å². The number of nitrogens with one attached hydrogen (secondary N) is 2. The van der Waals surface area contributed by atoms with E-state index in [2.05, 4.69) is 26.2 Å². The average molecular weight is 582 g/mol. The van der Waals surface area contributed by atoms with Crippen LogP contribution in [-0.4, -0.2) is 89.2 Å². The van der Waals surface area contributed by atoms with Gasteiger partial charge in [-0.25, -0.2) is 14.3 Å². The summed E-state index contributed by atoms with van der Waals surface area (Å²) in [6.45, 7) is 5.82. The highest BCUT2D eigenvalue weighted by atomic mass is 32.2. The van der Waals surface area contributed by atoms with Gasteiger partial charge >= 0.3 is 12.1 Å². The van der Waals surface area contributed by atoms with Gasteiger partial charge in [-0.2, -0.15) is 0 Å². The number of alkyl carbamates (subject to hydrolysis) is 1. The number of fused-ring (bicyclic) bond motifs is 1. The summed E-state index contributed by atoms with van der Waals surface area (Å²) in [5, 5.41) is 28.7. The molecule has 204 valence electrons. The monoisotopic (exact) mass is 581 g/mol. The lowest BCUT2D eigenvalue weighted by molar-refractivity contribution is -0.150. The van der Waals surface area contributed by atoms with Crippen LogP contribution in [0.1, 0.15) is 25.6 Å². The Balaban J connectivity index is 1.34. The normalized spacial score (nSPS) is 19.0. The molecule has 0 bridgehead atoms. The van der Waals surface area contributed by atoms with E-state index in [1.54, 1.807) is 20.8 Å². The molecule has 4 heterocycles. The number of ether oxygens (including phenoxy) is 1. The van der Waals surface area contributed by atoms with E-state index in [0.29, 0.717) is 16.5 Å². The number of rotatable bonds is 10. The Labute approximate surface area is 230 Å². The van der Waals surface area contributed by atoms with Gasteiger partial charge in [0.1, 0.15) is 22.7 Å². The molecule has 2 aliphatic rings. The highest BCUT2D eigenvalue weighted by Crippen LogP contribution is 2.41. The van der Waals surface area contributed by atoms with Crippen LogP contribution < -0.4 is 10.6 Å². The van der Waals surface area contributed by atoms with E-state index < -0.39 is 35.0 Å². The van der Waals surface area contributed by atoms with Crippen LogP contribution in [0, 0.1) is 0 Å². The Morgan fingerprint density at radius 2 is 2.11 bits per heavy atom. The van der Waals surface area contributed by atoms with Gasteiger partial charge in [-0.1, -0.05) is 17.8 Å². The minimum absolute atomic E-state index is 0.0689.